The third-order valence-corrected chi connectivity index (χ3v) is 7.81. The molecule has 2 fully saturated rings. The molecule has 2 heterocycles. The first-order chi connectivity index (χ1) is 15.8. The number of sulfonamides is 1. The maximum Gasteiger partial charge on any atom is 0.243 e. The van der Waals surface area contributed by atoms with Crippen molar-refractivity contribution < 1.29 is 27.1 Å². The Hall–Kier alpha value is -2.98. The van der Waals surface area contributed by atoms with E-state index in [0.29, 0.717) is 18.0 Å². The monoisotopic (exact) mass is 475 g/mol. The minimum atomic E-state index is -3.83. The largest absolute Gasteiger partial charge is 0.494 e. The summed E-state index contributed by atoms with van der Waals surface area (Å²) < 4.78 is 45.7. The van der Waals surface area contributed by atoms with Crippen molar-refractivity contribution >= 4 is 27.5 Å². The zero-order chi connectivity index (χ0) is 23.6. The number of hydrogen-bond donors (Lipinski definition) is 0. The Morgan fingerprint density at radius 3 is 2.42 bits per heavy atom. The predicted octanol–water partition coefficient (Wildman–Crippen LogP) is 2.11. The Morgan fingerprint density at radius 1 is 1.09 bits per heavy atom. The number of halogens is 1. The average molecular weight is 476 g/mol. The summed E-state index contributed by atoms with van der Waals surface area (Å²) in [5, 5.41) is 0. The minimum Gasteiger partial charge on any atom is -0.494 e. The van der Waals surface area contributed by atoms with Gasteiger partial charge in [-0.3, -0.25) is 9.59 Å². The molecule has 176 valence electrons. The van der Waals surface area contributed by atoms with Gasteiger partial charge in [-0.05, 0) is 49.4 Å². The van der Waals surface area contributed by atoms with E-state index in [1.54, 1.807) is 34.1 Å². The van der Waals surface area contributed by atoms with Crippen molar-refractivity contribution in [2.45, 2.75) is 18.2 Å². The second kappa shape index (κ2) is 9.48. The highest BCUT2D eigenvalue weighted by Crippen LogP contribution is 2.28. The summed E-state index contributed by atoms with van der Waals surface area (Å²) in [6, 6.07) is 12.1. The van der Waals surface area contributed by atoms with Crippen molar-refractivity contribution in [1.82, 2.24) is 9.21 Å². The van der Waals surface area contributed by atoms with Crippen molar-refractivity contribution in [3.05, 3.63) is 54.3 Å². The normalized spacial score (nSPS) is 19.7. The lowest BCUT2D eigenvalue weighted by Crippen LogP contribution is -2.52. The molecule has 0 spiro atoms. The van der Waals surface area contributed by atoms with Crippen LogP contribution >= 0.6 is 0 Å². The van der Waals surface area contributed by atoms with E-state index in [4.69, 9.17) is 4.74 Å². The third-order valence-electron chi connectivity index (χ3n) is 5.92. The molecule has 0 bridgehead atoms. The molecule has 0 saturated carbocycles. The maximum atomic E-state index is 13.5. The maximum absolute atomic E-state index is 13.5. The van der Waals surface area contributed by atoms with Gasteiger partial charge >= 0.3 is 0 Å². The third kappa shape index (κ3) is 4.86. The summed E-state index contributed by atoms with van der Waals surface area (Å²) >= 11 is 0. The molecule has 10 heteroatoms. The molecule has 0 N–H and O–H groups in total. The summed E-state index contributed by atoms with van der Waals surface area (Å²) in [6.07, 6.45) is 0.119. The number of nitrogens with zero attached hydrogens (tertiary/aromatic N) is 3. The molecule has 0 radical (unpaired) electrons. The lowest BCUT2D eigenvalue weighted by molar-refractivity contribution is -0.136. The van der Waals surface area contributed by atoms with Gasteiger partial charge < -0.3 is 14.5 Å². The summed E-state index contributed by atoms with van der Waals surface area (Å²) in [5.41, 5.74) is 0.713. The number of benzene rings is 2. The number of carbonyl (C=O) groups excluding carboxylic acids is 2. The van der Waals surface area contributed by atoms with Crippen molar-refractivity contribution in [3.8, 4) is 5.75 Å². The summed E-state index contributed by atoms with van der Waals surface area (Å²) in [4.78, 5) is 28.7. The van der Waals surface area contributed by atoms with Crippen LogP contribution in [0.2, 0.25) is 0 Å². The van der Waals surface area contributed by atoms with Gasteiger partial charge in [-0.15, -0.1) is 0 Å². The Morgan fingerprint density at radius 2 is 1.79 bits per heavy atom. The molecule has 33 heavy (non-hydrogen) atoms. The number of amides is 2. The van der Waals surface area contributed by atoms with Crippen LogP contribution in [0.25, 0.3) is 0 Å². The highest BCUT2D eigenvalue weighted by atomic mass is 32.2. The van der Waals surface area contributed by atoms with Gasteiger partial charge in [0, 0.05) is 44.8 Å². The molecule has 0 aromatic heterocycles. The number of rotatable bonds is 6. The van der Waals surface area contributed by atoms with E-state index >= 15 is 0 Å². The fraction of sp³-hybridized carbons (Fsp3) is 0.391. The Kier molecular flexibility index (Phi) is 6.66. The second-order valence-corrected chi connectivity index (χ2v) is 9.96. The molecule has 4 rings (SSSR count). The van der Waals surface area contributed by atoms with Crippen molar-refractivity contribution in [2.24, 2.45) is 5.92 Å². The van der Waals surface area contributed by atoms with Crippen LogP contribution in [-0.4, -0.2) is 68.8 Å². The fourth-order valence-corrected chi connectivity index (χ4v) is 5.65. The van der Waals surface area contributed by atoms with Gasteiger partial charge in [-0.25, -0.2) is 12.8 Å². The Bertz CT molecular complexity index is 1130. The van der Waals surface area contributed by atoms with Gasteiger partial charge in [-0.2, -0.15) is 4.31 Å². The topological polar surface area (TPSA) is 87.2 Å². The van der Waals surface area contributed by atoms with Crippen LogP contribution in [0.3, 0.4) is 0 Å². The first kappa shape index (κ1) is 23.2. The molecule has 2 aromatic carbocycles. The van der Waals surface area contributed by atoms with E-state index in [2.05, 4.69) is 0 Å². The number of anilines is 1. The molecule has 1 atom stereocenters. The minimum absolute atomic E-state index is 0.102. The molecule has 1 unspecified atom stereocenters. The van der Waals surface area contributed by atoms with Gasteiger partial charge in [0.1, 0.15) is 11.6 Å². The van der Waals surface area contributed by atoms with E-state index in [0.717, 1.165) is 6.07 Å². The first-order valence-corrected chi connectivity index (χ1v) is 12.3. The van der Waals surface area contributed by atoms with Crippen molar-refractivity contribution in [1.29, 1.82) is 0 Å². The van der Waals surface area contributed by atoms with Gasteiger partial charge in [0.25, 0.3) is 0 Å². The second-order valence-electron chi connectivity index (χ2n) is 8.02. The fourth-order valence-electron chi connectivity index (χ4n) is 4.20. The van der Waals surface area contributed by atoms with Gasteiger partial charge in [0.2, 0.25) is 21.8 Å². The lowest BCUT2D eigenvalue weighted by Gasteiger charge is -2.35. The van der Waals surface area contributed by atoms with Gasteiger partial charge in [0.05, 0.1) is 17.4 Å². The van der Waals surface area contributed by atoms with Gasteiger partial charge in [-0.1, -0.05) is 6.07 Å². The zero-order valence-corrected chi connectivity index (χ0v) is 19.1. The predicted molar refractivity (Wildman–Crippen MR) is 120 cm³/mol. The zero-order valence-electron chi connectivity index (χ0n) is 18.3. The molecule has 2 aliphatic heterocycles. The Labute approximate surface area is 192 Å². The summed E-state index contributed by atoms with van der Waals surface area (Å²) in [5.74, 6) is -0.653. The molecule has 8 nitrogen and oxygen atoms in total. The van der Waals surface area contributed by atoms with Crippen LogP contribution in [0, 0.1) is 11.7 Å². The first-order valence-electron chi connectivity index (χ1n) is 10.9. The summed E-state index contributed by atoms with van der Waals surface area (Å²) in [7, 11) is -3.83. The van der Waals surface area contributed by atoms with E-state index in [1.165, 1.54) is 22.5 Å². The van der Waals surface area contributed by atoms with E-state index < -0.39 is 21.8 Å². The number of ether oxygens (including phenoxy) is 1. The van der Waals surface area contributed by atoms with Crippen LogP contribution in [0.5, 0.6) is 5.75 Å². The highest BCUT2D eigenvalue weighted by Gasteiger charge is 2.39. The summed E-state index contributed by atoms with van der Waals surface area (Å²) in [6.45, 7) is 3.41. The standard InChI is InChI=1S/C23H26FN3O5S/c1-2-32-20-8-6-19(7-9-20)27-16-17(14-22(27)28)23(29)25-10-12-26(13-11-25)33(30,31)21-5-3-4-18(24)15-21/h3-9,15,17H,2,10-14,16H2,1H3. The molecule has 2 amide bonds. The molecular formula is C23H26FN3O5S. The number of hydrogen-bond acceptors (Lipinski definition) is 5. The van der Waals surface area contributed by atoms with Crippen LogP contribution < -0.4 is 9.64 Å². The quantitative estimate of drug-likeness (QED) is 0.639. The van der Waals surface area contributed by atoms with E-state index in [-0.39, 0.29) is 55.9 Å². The molecule has 2 aliphatic rings. The molecular weight excluding hydrogens is 449 g/mol. The van der Waals surface area contributed by atoms with E-state index in [1.807, 2.05) is 6.92 Å². The number of piperazine rings is 1. The van der Waals surface area contributed by atoms with Crippen LogP contribution in [0.15, 0.2) is 53.4 Å². The van der Waals surface area contributed by atoms with Crippen molar-refractivity contribution in [3.63, 3.8) is 0 Å². The highest BCUT2D eigenvalue weighted by molar-refractivity contribution is 7.89. The van der Waals surface area contributed by atoms with Crippen LogP contribution in [0.1, 0.15) is 13.3 Å². The van der Waals surface area contributed by atoms with Crippen molar-refractivity contribution in [2.75, 3.05) is 44.2 Å². The average Bonchev–Trinajstić information content (AvgIpc) is 3.21. The Balaban J connectivity index is 1.36. The molecule has 2 aromatic rings. The lowest BCUT2D eigenvalue weighted by atomic mass is 10.1. The van der Waals surface area contributed by atoms with Crippen LogP contribution in [0.4, 0.5) is 10.1 Å². The molecule has 2 saturated heterocycles. The SMILES string of the molecule is CCOc1ccc(N2CC(C(=O)N3CCN(S(=O)(=O)c4cccc(F)c4)CC3)CC2=O)cc1. The molecule has 0 aliphatic carbocycles. The smallest absolute Gasteiger partial charge is 0.243 e. The van der Waals surface area contributed by atoms with Gasteiger partial charge in [0.15, 0.2) is 0 Å². The van der Waals surface area contributed by atoms with Crippen LogP contribution in [-0.2, 0) is 19.6 Å². The number of carbonyl (C=O) groups is 2. The van der Waals surface area contributed by atoms with E-state index in [9.17, 15) is 22.4 Å².